The van der Waals surface area contributed by atoms with Gasteiger partial charge in [-0.1, -0.05) is 109 Å². The van der Waals surface area contributed by atoms with E-state index >= 15 is 0 Å². The first kappa shape index (κ1) is 23.2. The molecule has 0 bridgehead atoms. The largest absolute Gasteiger partial charge is 0.740 e. The number of hydrogen-bond acceptors (Lipinski definition) is 3. The van der Waals surface area contributed by atoms with E-state index in [4.69, 9.17) is 4.18 Å². The van der Waals surface area contributed by atoms with Crippen LogP contribution in [0.25, 0.3) is 0 Å². The van der Waals surface area contributed by atoms with Crippen LogP contribution < -0.4 is 4.18 Å². The summed E-state index contributed by atoms with van der Waals surface area (Å²) in [7, 11) is 0. The third kappa shape index (κ3) is 12.5. The van der Waals surface area contributed by atoms with E-state index in [9.17, 15) is 8.76 Å². The molecule has 0 N–H and O–H groups in total. The van der Waals surface area contributed by atoms with E-state index in [0.29, 0.717) is 5.75 Å². The number of para-hydroxylation sites is 1. The second-order valence-electron chi connectivity index (χ2n) is 7.24. The lowest BCUT2D eigenvalue weighted by Crippen LogP contribution is -2.01. The molecular formula is C22H37O3S-. The highest BCUT2D eigenvalue weighted by molar-refractivity contribution is 7.74. The number of hydrogen-bond donors (Lipinski definition) is 0. The molecule has 1 unspecified atom stereocenters. The molecule has 1 atom stereocenters. The van der Waals surface area contributed by atoms with E-state index in [2.05, 4.69) is 6.92 Å². The normalized spacial score (nSPS) is 12.2. The van der Waals surface area contributed by atoms with Gasteiger partial charge < -0.3 is 8.74 Å². The Kier molecular flexibility index (Phi) is 14.5. The molecule has 26 heavy (non-hydrogen) atoms. The summed E-state index contributed by atoms with van der Waals surface area (Å²) < 4.78 is 26.2. The van der Waals surface area contributed by atoms with Gasteiger partial charge in [0.2, 0.25) is 0 Å². The first-order chi connectivity index (χ1) is 12.7. The highest BCUT2D eigenvalue weighted by Crippen LogP contribution is 2.21. The first-order valence-corrected chi connectivity index (χ1v) is 11.6. The fraction of sp³-hybridized carbons (Fsp3) is 0.727. The van der Waals surface area contributed by atoms with E-state index < -0.39 is 11.4 Å². The SMILES string of the molecule is CCCCCCCCCCCCCCCCc1ccccc1OS(=O)[O-]. The van der Waals surface area contributed by atoms with Crippen LogP contribution in [-0.4, -0.2) is 8.76 Å². The third-order valence-corrected chi connectivity index (χ3v) is 5.25. The maximum atomic E-state index is 10.7. The van der Waals surface area contributed by atoms with Crippen LogP contribution in [0.2, 0.25) is 0 Å². The lowest BCUT2D eigenvalue weighted by atomic mass is 10.0. The molecule has 0 spiro atoms. The topological polar surface area (TPSA) is 49.4 Å². The average Bonchev–Trinajstić information content (AvgIpc) is 2.63. The summed E-state index contributed by atoms with van der Waals surface area (Å²) in [4.78, 5) is 0. The average molecular weight is 382 g/mol. The van der Waals surface area contributed by atoms with Crippen molar-refractivity contribution in [2.24, 2.45) is 0 Å². The van der Waals surface area contributed by atoms with Gasteiger partial charge in [0.1, 0.15) is 17.1 Å². The molecular weight excluding hydrogens is 344 g/mol. The zero-order chi connectivity index (χ0) is 18.9. The van der Waals surface area contributed by atoms with Crippen LogP contribution in [0.3, 0.4) is 0 Å². The van der Waals surface area contributed by atoms with E-state index in [-0.39, 0.29) is 0 Å². The molecule has 150 valence electrons. The first-order valence-electron chi connectivity index (χ1n) is 10.6. The van der Waals surface area contributed by atoms with Crippen LogP contribution >= 0.6 is 0 Å². The van der Waals surface area contributed by atoms with Gasteiger partial charge in [0, 0.05) is 0 Å². The molecule has 3 nitrogen and oxygen atoms in total. The zero-order valence-corrected chi connectivity index (χ0v) is 17.4. The second kappa shape index (κ2) is 16.3. The number of benzene rings is 1. The minimum Gasteiger partial charge on any atom is -0.740 e. The van der Waals surface area contributed by atoms with E-state index in [1.165, 1.54) is 83.5 Å². The third-order valence-electron chi connectivity index (χ3n) is 4.93. The minimum absolute atomic E-state index is 0.468. The smallest absolute Gasteiger partial charge is 0.142 e. The Balaban J connectivity index is 1.93. The molecule has 1 aromatic carbocycles. The predicted octanol–water partition coefficient (Wildman–Crippen LogP) is 6.88. The summed E-state index contributed by atoms with van der Waals surface area (Å²) in [6, 6.07) is 7.40. The number of unbranched alkanes of at least 4 members (excludes halogenated alkanes) is 13. The summed E-state index contributed by atoms with van der Waals surface area (Å²) >= 11 is -2.49. The molecule has 0 radical (unpaired) electrons. The Hall–Kier alpha value is -0.870. The van der Waals surface area contributed by atoms with Gasteiger partial charge in [0.05, 0.1) is 0 Å². The zero-order valence-electron chi connectivity index (χ0n) is 16.5. The summed E-state index contributed by atoms with van der Waals surface area (Å²) in [6.07, 6.45) is 19.7. The highest BCUT2D eigenvalue weighted by Gasteiger charge is 2.03. The molecule has 4 heteroatoms. The number of aryl methyl sites for hydroxylation is 1. The quantitative estimate of drug-likeness (QED) is 0.218. The maximum Gasteiger partial charge on any atom is 0.142 e. The highest BCUT2D eigenvalue weighted by atomic mass is 32.2. The Bertz CT molecular complexity index is 476. The molecule has 1 aromatic rings. The van der Waals surface area contributed by atoms with Crippen molar-refractivity contribution in [1.82, 2.24) is 0 Å². The van der Waals surface area contributed by atoms with E-state index in [0.717, 1.165) is 18.4 Å². The van der Waals surface area contributed by atoms with Gasteiger partial charge >= 0.3 is 0 Å². The van der Waals surface area contributed by atoms with Crippen LogP contribution in [0.4, 0.5) is 0 Å². The van der Waals surface area contributed by atoms with Crippen molar-refractivity contribution >= 4 is 11.4 Å². The maximum absolute atomic E-state index is 10.7. The van der Waals surface area contributed by atoms with Gasteiger partial charge in [-0.25, -0.2) is 4.21 Å². The summed E-state index contributed by atoms with van der Waals surface area (Å²) in [5, 5.41) is 0. The van der Waals surface area contributed by atoms with Crippen LogP contribution in [0.1, 0.15) is 102 Å². The van der Waals surface area contributed by atoms with Gasteiger partial charge in [-0.2, -0.15) is 0 Å². The second-order valence-corrected chi connectivity index (χ2v) is 7.82. The van der Waals surface area contributed by atoms with Gasteiger partial charge in [-0.3, -0.25) is 0 Å². The monoisotopic (exact) mass is 381 g/mol. The molecule has 0 aliphatic heterocycles. The van der Waals surface area contributed by atoms with Crippen LogP contribution in [0, 0.1) is 0 Å². The molecule has 0 saturated heterocycles. The summed E-state index contributed by atoms with van der Waals surface area (Å²) in [5.41, 5.74) is 0.982. The molecule has 0 amide bonds. The predicted molar refractivity (Wildman–Crippen MR) is 110 cm³/mol. The lowest BCUT2D eigenvalue weighted by Gasteiger charge is -2.11. The van der Waals surface area contributed by atoms with Gasteiger partial charge in [0.15, 0.2) is 0 Å². The van der Waals surface area contributed by atoms with Crippen molar-refractivity contribution in [3.63, 3.8) is 0 Å². The van der Waals surface area contributed by atoms with Crippen LogP contribution in [-0.2, 0) is 17.8 Å². The Morgan fingerprint density at radius 3 is 1.73 bits per heavy atom. The van der Waals surface area contributed by atoms with Crippen molar-refractivity contribution in [1.29, 1.82) is 0 Å². The minimum atomic E-state index is -2.49. The van der Waals surface area contributed by atoms with Crippen molar-refractivity contribution in [2.45, 2.75) is 103 Å². The fourth-order valence-electron chi connectivity index (χ4n) is 3.37. The molecule has 1 rings (SSSR count). The number of rotatable bonds is 17. The van der Waals surface area contributed by atoms with E-state index in [1.807, 2.05) is 12.1 Å². The Morgan fingerprint density at radius 1 is 0.769 bits per heavy atom. The molecule has 0 heterocycles. The van der Waals surface area contributed by atoms with Crippen molar-refractivity contribution in [2.75, 3.05) is 0 Å². The molecule has 0 aliphatic carbocycles. The summed E-state index contributed by atoms with van der Waals surface area (Å²) in [5.74, 6) is 0.468. The Labute approximate surface area is 163 Å². The molecule has 0 aliphatic rings. The Morgan fingerprint density at radius 2 is 1.23 bits per heavy atom. The van der Waals surface area contributed by atoms with Crippen LogP contribution in [0.5, 0.6) is 5.75 Å². The van der Waals surface area contributed by atoms with Gasteiger partial charge in [-0.15, -0.1) is 0 Å². The van der Waals surface area contributed by atoms with E-state index in [1.54, 1.807) is 12.1 Å². The molecule has 0 aromatic heterocycles. The molecule has 0 fully saturated rings. The summed E-state index contributed by atoms with van der Waals surface area (Å²) in [6.45, 7) is 2.27. The van der Waals surface area contributed by atoms with Gasteiger partial charge in [0.25, 0.3) is 0 Å². The lowest BCUT2D eigenvalue weighted by molar-refractivity contribution is 0.437. The molecule has 0 saturated carbocycles. The fourth-order valence-corrected chi connectivity index (χ4v) is 3.68. The van der Waals surface area contributed by atoms with Crippen LogP contribution in [0.15, 0.2) is 24.3 Å². The van der Waals surface area contributed by atoms with Crippen molar-refractivity contribution < 1.29 is 12.9 Å². The standard InChI is InChI=1S/C22H38O3S/c1-2-3-4-5-6-7-8-9-10-11-12-13-14-15-18-21-19-16-17-20-22(21)25-26(23)24/h16-17,19-20H,2-15,18H2,1H3,(H,23,24)/p-1. The van der Waals surface area contributed by atoms with Crippen molar-refractivity contribution in [3.8, 4) is 5.75 Å². The van der Waals surface area contributed by atoms with Crippen molar-refractivity contribution in [3.05, 3.63) is 29.8 Å². The van der Waals surface area contributed by atoms with Gasteiger partial charge in [-0.05, 0) is 24.5 Å².